The third-order valence-electron chi connectivity index (χ3n) is 6.38. The summed E-state index contributed by atoms with van der Waals surface area (Å²) in [5.41, 5.74) is 0.766. The van der Waals surface area contributed by atoms with E-state index < -0.39 is 6.04 Å². The molecule has 0 unspecified atom stereocenters. The van der Waals surface area contributed by atoms with Crippen LogP contribution in [0.15, 0.2) is 59.3 Å². The maximum absolute atomic E-state index is 13.8. The van der Waals surface area contributed by atoms with Gasteiger partial charge in [0.2, 0.25) is 17.6 Å². The van der Waals surface area contributed by atoms with E-state index in [-0.39, 0.29) is 24.4 Å². The highest BCUT2D eigenvalue weighted by molar-refractivity contribution is 7.10. The van der Waals surface area contributed by atoms with Crippen LogP contribution < -0.4 is 10.1 Å². The predicted octanol–water partition coefficient (Wildman–Crippen LogP) is 4.30. The first-order valence-corrected chi connectivity index (χ1v) is 13.9. The average molecular weight is 537 g/mol. The molecule has 1 aliphatic carbocycles. The van der Waals surface area contributed by atoms with Crippen LogP contribution in [-0.4, -0.2) is 50.1 Å². The van der Waals surface area contributed by atoms with Crippen molar-refractivity contribution in [2.24, 2.45) is 0 Å². The van der Waals surface area contributed by atoms with Crippen molar-refractivity contribution in [2.75, 3.05) is 7.11 Å². The molecule has 0 aliphatic heterocycles. The van der Waals surface area contributed by atoms with Crippen LogP contribution in [0.5, 0.6) is 5.75 Å². The van der Waals surface area contributed by atoms with Gasteiger partial charge in [0.25, 0.3) is 0 Å². The number of hydrogen-bond acceptors (Lipinski definition) is 8. The molecule has 3 heterocycles. The van der Waals surface area contributed by atoms with Crippen molar-refractivity contribution in [1.82, 2.24) is 30.4 Å². The summed E-state index contributed by atoms with van der Waals surface area (Å²) >= 11 is 3.03. The largest absolute Gasteiger partial charge is 0.497 e. The Bertz CT molecular complexity index is 1300. The van der Waals surface area contributed by atoms with Gasteiger partial charge in [0.15, 0.2) is 0 Å². The molecule has 37 heavy (non-hydrogen) atoms. The summed E-state index contributed by atoms with van der Waals surface area (Å²) in [5.74, 6) is 0.733. The molecule has 5 rings (SSSR count). The minimum atomic E-state index is -0.736. The normalized spacial score (nSPS) is 14.4. The second-order valence-corrected chi connectivity index (χ2v) is 10.9. The Balaban J connectivity index is 1.39. The number of carbonyl (C=O) groups is 2. The number of methoxy groups -OCH3 is 1. The summed E-state index contributed by atoms with van der Waals surface area (Å²) < 4.78 is 5.20. The van der Waals surface area contributed by atoms with E-state index in [0.29, 0.717) is 12.4 Å². The second-order valence-electron chi connectivity index (χ2n) is 8.88. The quantitative estimate of drug-likeness (QED) is 0.324. The van der Waals surface area contributed by atoms with Crippen LogP contribution in [0.2, 0.25) is 0 Å². The van der Waals surface area contributed by atoms with E-state index in [1.54, 1.807) is 23.3 Å². The van der Waals surface area contributed by atoms with E-state index in [0.717, 1.165) is 46.8 Å². The van der Waals surface area contributed by atoms with Gasteiger partial charge in [-0.2, -0.15) is 4.80 Å². The number of aromatic nitrogens is 4. The smallest absolute Gasteiger partial charge is 0.248 e. The lowest BCUT2D eigenvalue weighted by atomic mass is 10.1. The maximum atomic E-state index is 13.8. The Morgan fingerprint density at radius 2 is 1.86 bits per heavy atom. The highest BCUT2D eigenvalue weighted by Gasteiger charge is 2.34. The lowest BCUT2D eigenvalue weighted by Crippen LogP contribution is -2.46. The first kappa shape index (κ1) is 25.1. The van der Waals surface area contributed by atoms with Gasteiger partial charge in [-0.15, -0.1) is 32.9 Å². The van der Waals surface area contributed by atoms with Crippen molar-refractivity contribution in [3.05, 3.63) is 69.0 Å². The molecule has 0 radical (unpaired) electrons. The van der Waals surface area contributed by atoms with E-state index in [4.69, 9.17) is 4.74 Å². The molecule has 1 fully saturated rings. The van der Waals surface area contributed by atoms with Gasteiger partial charge in [-0.3, -0.25) is 9.59 Å². The zero-order valence-electron chi connectivity index (χ0n) is 20.4. The first-order chi connectivity index (χ1) is 18.1. The van der Waals surface area contributed by atoms with Gasteiger partial charge in [-0.1, -0.05) is 25.0 Å². The third-order valence-corrected chi connectivity index (χ3v) is 8.16. The fraction of sp³-hybridized carbons (Fsp3) is 0.346. The minimum absolute atomic E-state index is 0.132. The second kappa shape index (κ2) is 11.7. The zero-order chi connectivity index (χ0) is 25.6. The highest BCUT2D eigenvalue weighted by atomic mass is 32.1. The molecule has 9 nitrogen and oxygen atoms in total. The lowest BCUT2D eigenvalue weighted by Gasteiger charge is -2.31. The number of hydrogen-bond donors (Lipinski definition) is 1. The number of nitrogens with zero attached hydrogens (tertiary/aromatic N) is 5. The summed E-state index contributed by atoms with van der Waals surface area (Å²) in [5, 5.41) is 19.7. The summed E-state index contributed by atoms with van der Waals surface area (Å²) in [6, 6.07) is 14.5. The Kier molecular flexibility index (Phi) is 7.90. The summed E-state index contributed by atoms with van der Waals surface area (Å²) in [4.78, 5) is 32.1. The monoisotopic (exact) mass is 536 g/mol. The van der Waals surface area contributed by atoms with Crippen LogP contribution in [0.4, 0.5) is 0 Å². The van der Waals surface area contributed by atoms with E-state index in [9.17, 15) is 9.59 Å². The highest BCUT2D eigenvalue weighted by Crippen LogP contribution is 2.30. The number of benzene rings is 1. The maximum Gasteiger partial charge on any atom is 0.248 e. The van der Waals surface area contributed by atoms with Crippen molar-refractivity contribution in [3.8, 4) is 17.1 Å². The number of nitrogens with one attached hydrogen (secondary N) is 1. The van der Waals surface area contributed by atoms with Crippen molar-refractivity contribution >= 4 is 34.5 Å². The standard InChI is InChI=1S/C26H28N6O3S2/c1-35-20-12-10-18(11-13-20)25-28-30-32(29-25)17-23(33)31(16-21-8-4-14-36-21)24(22-9-5-15-37-22)26(34)27-19-6-2-3-7-19/h4-5,8-15,19,24H,2-3,6-7,16-17H2,1H3,(H,27,34)/t24-/m1/s1. The Hall–Kier alpha value is -3.57. The van der Waals surface area contributed by atoms with Gasteiger partial charge in [0.05, 0.1) is 13.7 Å². The van der Waals surface area contributed by atoms with Crippen LogP contribution >= 0.6 is 22.7 Å². The van der Waals surface area contributed by atoms with Crippen molar-refractivity contribution in [1.29, 1.82) is 0 Å². The molecule has 1 aromatic carbocycles. The lowest BCUT2D eigenvalue weighted by molar-refractivity contribution is -0.142. The molecule has 1 aliphatic rings. The van der Waals surface area contributed by atoms with E-state index >= 15 is 0 Å². The average Bonchev–Trinajstić information content (AvgIpc) is 3.73. The number of carbonyl (C=O) groups excluding carboxylic acids is 2. The summed E-state index contributed by atoms with van der Waals surface area (Å²) in [6.45, 7) is 0.185. The third kappa shape index (κ3) is 6.05. The van der Waals surface area contributed by atoms with Crippen molar-refractivity contribution in [3.63, 3.8) is 0 Å². The van der Waals surface area contributed by atoms with Crippen LogP contribution in [0.1, 0.15) is 41.5 Å². The van der Waals surface area contributed by atoms with Gasteiger partial charge in [0.1, 0.15) is 18.3 Å². The van der Waals surface area contributed by atoms with Gasteiger partial charge in [-0.25, -0.2) is 0 Å². The summed E-state index contributed by atoms with van der Waals surface area (Å²) in [7, 11) is 1.61. The van der Waals surface area contributed by atoms with Crippen LogP contribution in [0.25, 0.3) is 11.4 Å². The number of rotatable bonds is 10. The molecule has 1 saturated carbocycles. The molecular weight excluding hydrogens is 508 g/mol. The SMILES string of the molecule is COc1ccc(-c2nnn(CC(=O)N(Cc3cccs3)[C@@H](C(=O)NC3CCCC3)c3cccs3)n2)cc1. The fourth-order valence-corrected chi connectivity index (χ4v) is 6.03. The molecule has 1 atom stereocenters. The predicted molar refractivity (Wildman–Crippen MR) is 142 cm³/mol. The van der Waals surface area contributed by atoms with Gasteiger partial charge >= 0.3 is 0 Å². The molecule has 11 heteroatoms. The molecule has 1 N–H and O–H groups in total. The number of thiophene rings is 2. The molecule has 192 valence electrons. The molecule has 4 aromatic rings. The van der Waals surface area contributed by atoms with Crippen LogP contribution in [-0.2, 0) is 22.7 Å². The van der Waals surface area contributed by atoms with Crippen LogP contribution in [0.3, 0.4) is 0 Å². The van der Waals surface area contributed by atoms with E-state index in [2.05, 4.69) is 20.7 Å². The molecule has 0 saturated heterocycles. The Morgan fingerprint density at radius 1 is 1.11 bits per heavy atom. The van der Waals surface area contributed by atoms with Crippen molar-refractivity contribution < 1.29 is 14.3 Å². The minimum Gasteiger partial charge on any atom is -0.497 e. The number of ether oxygens (including phenoxy) is 1. The number of amides is 2. The van der Waals surface area contributed by atoms with E-state index in [1.165, 1.54) is 16.1 Å². The van der Waals surface area contributed by atoms with Gasteiger partial charge in [0, 0.05) is 21.4 Å². The topological polar surface area (TPSA) is 102 Å². The molecular formula is C26H28N6O3S2. The molecule has 3 aromatic heterocycles. The summed E-state index contributed by atoms with van der Waals surface area (Å²) in [6.07, 6.45) is 4.17. The van der Waals surface area contributed by atoms with Crippen LogP contribution in [0, 0.1) is 0 Å². The first-order valence-electron chi connectivity index (χ1n) is 12.2. The van der Waals surface area contributed by atoms with Gasteiger partial charge < -0.3 is 15.0 Å². The molecule has 0 bridgehead atoms. The van der Waals surface area contributed by atoms with Crippen molar-refractivity contribution in [2.45, 2.75) is 50.9 Å². The molecule has 0 spiro atoms. The molecule has 2 amide bonds. The van der Waals surface area contributed by atoms with E-state index in [1.807, 2.05) is 59.3 Å². The van der Waals surface area contributed by atoms with Gasteiger partial charge in [-0.05, 0) is 65.2 Å². The Morgan fingerprint density at radius 3 is 2.54 bits per heavy atom. The fourth-order valence-electron chi connectivity index (χ4n) is 4.49. The Labute approximate surface area is 223 Å². The zero-order valence-corrected chi connectivity index (χ0v) is 22.1. The number of tetrazole rings is 1.